The predicted molar refractivity (Wildman–Crippen MR) is 161 cm³/mol. The van der Waals surface area contributed by atoms with Crippen molar-refractivity contribution in [2.24, 2.45) is 0 Å². The van der Waals surface area contributed by atoms with Gasteiger partial charge in [-0.1, -0.05) is 79.7 Å². The van der Waals surface area contributed by atoms with E-state index in [0.717, 1.165) is 23.0 Å². The molecular weight excluding hydrogens is 524 g/mol. The Kier molecular flexibility index (Phi) is 9.48. The zero-order chi connectivity index (χ0) is 28.6. The van der Waals surface area contributed by atoms with Crippen molar-refractivity contribution in [2.45, 2.75) is 25.7 Å². The molecule has 7 heteroatoms. The molecule has 1 heterocycles. The molecular formula is C33H31ClN2O4. The Morgan fingerprint density at radius 3 is 2.55 bits per heavy atom. The van der Waals surface area contributed by atoms with Crippen LogP contribution in [0.4, 0.5) is 0 Å². The van der Waals surface area contributed by atoms with Crippen molar-refractivity contribution in [3.8, 4) is 0 Å². The van der Waals surface area contributed by atoms with Crippen LogP contribution in [-0.4, -0.2) is 40.5 Å². The molecule has 0 aliphatic heterocycles. The second-order valence-corrected chi connectivity index (χ2v) is 9.68. The zero-order valence-electron chi connectivity index (χ0n) is 22.5. The number of imidazole rings is 1. The lowest BCUT2D eigenvalue weighted by atomic mass is 9.89. The van der Waals surface area contributed by atoms with Crippen LogP contribution in [0.15, 0.2) is 91.0 Å². The highest BCUT2D eigenvalue weighted by atomic mass is 35.5. The molecule has 0 fully saturated rings. The number of carbonyl (C=O) groups is 2. The van der Waals surface area contributed by atoms with Crippen molar-refractivity contribution in [3.63, 3.8) is 0 Å². The number of ether oxygens (including phenoxy) is 1. The fraction of sp³-hybridized carbons (Fsp3) is 0.182. The summed E-state index contributed by atoms with van der Waals surface area (Å²) in [7, 11) is 1.60. The third-order valence-electron chi connectivity index (χ3n) is 6.84. The zero-order valence-corrected chi connectivity index (χ0v) is 23.2. The minimum atomic E-state index is -1.16. The van der Waals surface area contributed by atoms with Gasteiger partial charge in [0.25, 0.3) is 0 Å². The van der Waals surface area contributed by atoms with Gasteiger partial charge in [0.1, 0.15) is 5.82 Å². The molecule has 0 aliphatic rings. The van der Waals surface area contributed by atoms with Gasteiger partial charge in [0, 0.05) is 36.1 Å². The van der Waals surface area contributed by atoms with Crippen LogP contribution in [0.3, 0.4) is 0 Å². The van der Waals surface area contributed by atoms with Gasteiger partial charge in [0.05, 0.1) is 23.2 Å². The molecule has 204 valence electrons. The fourth-order valence-electron chi connectivity index (χ4n) is 4.70. The van der Waals surface area contributed by atoms with E-state index in [4.69, 9.17) is 21.3 Å². The average Bonchev–Trinajstić information content (AvgIpc) is 3.40. The van der Waals surface area contributed by atoms with Gasteiger partial charge in [0.15, 0.2) is 5.78 Å². The highest BCUT2D eigenvalue weighted by Gasteiger charge is 2.22. The average molecular weight is 555 g/mol. The van der Waals surface area contributed by atoms with E-state index in [1.54, 1.807) is 31.4 Å². The van der Waals surface area contributed by atoms with Crippen LogP contribution in [-0.2, 0) is 11.2 Å². The number of allylic oxidation sites excluding steroid dienone is 4. The van der Waals surface area contributed by atoms with Crippen LogP contribution in [0, 0.1) is 0 Å². The summed E-state index contributed by atoms with van der Waals surface area (Å²) < 4.78 is 5.35. The quantitative estimate of drug-likeness (QED) is 0.138. The molecule has 1 atom stereocenters. The lowest BCUT2D eigenvalue weighted by molar-refractivity contribution is 0.0696. The lowest BCUT2D eigenvalue weighted by Crippen LogP contribution is -2.13. The molecule has 4 aromatic rings. The number of hydrogen-bond acceptors (Lipinski definition) is 4. The molecule has 6 nitrogen and oxygen atoms in total. The smallest absolute Gasteiger partial charge is 0.336 e. The molecule has 0 unspecified atom stereocenters. The minimum Gasteiger partial charge on any atom is -0.478 e. The summed E-state index contributed by atoms with van der Waals surface area (Å²) in [6.07, 6.45) is 4.43. The number of Topliss-reactive ketones (excluding diaryl/α,β-unsaturated/α-hetero) is 1. The Labute approximate surface area is 238 Å². The van der Waals surface area contributed by atoms with Gasteiger partial charge in [-0.15, -0.1) is 0 Å². The van der Waals surface area contributed by atoms with Crippen molar-refractivity contribution in [2.75, 3.05) is 13.7 Å². The van der Waals surface area contributed by atoms with Gasteiger partial charge < -0.3 is 14.8 Å². The summed E-state index contributed by atoms with van der Waals surface area (Å²) in [5.41, 5.74) is 6.84. The number of nitrogens with zero attached hydrogens (tertiary/aromatic N) is 1. The van der Waals surface area contributed by atoms with Crippen LogP contribution in [0.5, 0.6) is 0 Å². The van der Waals surface area contributed by atoms with Gasteiger partial charge in [-0.05, 0) is 53.0 Å². The Morgan fingerprint density at radius 2 is 1.88 bits per heavy atom. The third-order valence-corrected chi connectivity index (χ3v) is 6.98. The van der Waals surface area contributed by atoms with E-state index in [2.05, 4.69) is 18.5 Å². The number of benzene rings is 3. The maximum absolute atomic E-state index is 13.3. The maximum Gasteiger partial charge on any atom is 0.336 e. The number of rotatable bonds is 12. The Bertz CT molecular complexity index is 1600. The standard InChI is InChI=1S/C33H31ClN2O4/c1-4-22-12-15-29-30(17-22)36-32(35-29)27(11-8-16-34)21(2)26-14-13-24(18-28(26)33(38)39)31(37)19-25(20-40-3)23-9-6-5-7-10-23/h5-18,25H,2,4,19-20H2,1,3H3,(H,35,36)(H,38,39)/b16-8+,27-11+/t25-/m1/s1. The van der Waals surface area contributed by atoms with E-state index in [1.165, 1.54) is 17.2 Å². The number of aryl methyl sites for hydroxylation is 1. The number of aromatic carboxylic acids is 1. The van der Waals surface area contributed by atoms with E-state index in [1.807, 2.05) is 48.5 Å². The number of carboxylic acids is 1. The molecule has 0 bridgehead atoms. The molecule has 3 aromatic carbocycles. The SMILES string of the molecule is C=C(/C(=C\C=C\Cl)c1nc2ccc(CC)cc2[nH]1)c1ccc(C(=O)C[C@H](COC)c2ccccc2)cc1C(=O)O. The van der Waals surface area contributed by atoms with Gasteiger partial charge >= 0.3 is 5.97 Å². The lowest BCUT2D eigenvalue weighted by Gasteiger charge is -2.17. The topological polar surface area (TPSA) is 92.3 Å². The number of carboxylic acid groups (broad SMARTS) is 1. The van der Waals surface area contributed by atoms with Crippen molar-refractivity contribution in [1.82, 2.24) is 9.97 Å². The summed E-state index contributed by atoms with van der Waals surface area (Å²) in [5.74, 6) is -0.952. The summed E-state index contributed by atoms with van der Waals surface area (Å²) in [6, 6.07) is 20.4. The Balaban J connectivity index is 1.69. The Morgan fingerprint density at radius 1 is 1.10 bits per heavy atom. The highest BCUT2D eigenvalue weighted by molar-refractivity contribution is 6.25. The number of ketones is 1. The molecule has 40 heavy (non-hydrogen) atoms. The fourth-order valence-corrected chi connectivity index (χ4v) is 4.78. The van der Waals surface area contributed by atoms with Crippen LogP contribution in [0.2, 0.25) is 0 Å². The second-order valence-electron chi connectivity index (χ2n) is 9.42. The molecule has 0 aliphatic carbocycles. The van der Waals surface area contributed by atoms with Crippen LogP contribution < -0.4 is 0 Å². The van der Waals surface area contributed by atoms with Crippen molar-refractivity contribution >= 4 is 45.5 Å². The van der Waals surface area contributed by atoms with Crippen molar-refractivity contribution in [1.29, 1.82) is 0 Å². The highest BCUT2D eigenvalue weighted by Crippen LogP contribution is 2.33. The summed E-state index contributed by atoms with van der Waals surface area (Å²) in [5, 5.41) is 10.1. The minimum absolute atomic E-state index is 0.0241. The van der Waals surface area contributed by atoms with E-state index in [-0.39, 0.29) is 23.7 Å². The molecule has 0 radical (unpaired) electrons. The number of hydrogen-bond donors (Lipinski definition) is 2. The number of carbonyl (C=O) groups excluding carboxylic acids is 1. The molecule has 4 rings (SSSR count). The van der Waals surface area contributed by atoms with E-state index >= 15 is 0 Å². The normalized spacial score (nSPS) is 12.6. The number of aromatic amines is 1. The van der Waals surface area contributed by atoms with Crippen molar-refractivity contribution in [3.05, 3.63) is 125 Å². The predicted octanol–water partition coefficient (Wildman–Crippen LogP) is 7.68. The summed E-state index contributed by atoms with van der Waals surface area (Å²) in [6.45, 7) is 6.67. The first-order chi connectivity index (χ1) is 19.4. The van der Waals surface area contributed by atoms with Crippen LogP contribution in [0.1, 0.15) is 62.5 Å². The monoisotopic (exact) mass is 554 g/mol. The number of H-pyrrole nitrogens is 1. The van der Waals surface area contributed by atoms with Gasteiger partial charge in [-0.25, -0.2) is 9.78 Å². The number of nitrogens with one attached hydrogen (secondary N) is 1. The van der Waals surface area contributed by atoms with Crippen LogP contribution >= 0.6 is 11.6 Å². The third kappa shape index (κ3) is 6.47. The first kappa shape index (κ1) is 28.7. The van der Waals surface area contributed by atoms with E-state index in [9.17, 15) is 14.7 Å². The molecule has 0 saturated heterocycles. The summed E-state index contributed by atoms with van der Waals surface area (Å²) in [4.78, 5) is 33.7. The summed E-state index contributed by atoms with van der Waals surface area (Å²) >= 11 is 5.82. The van der Waals surface area contributed by atoms with E-state index in [0.29, 0.717) is 34.7 Å². The Hall–Kier alpha value is -4.26. The van der Waals surface area contributed by atoms with Gasteiger partial charge in [-0.2, -0.15) is 0 Å². The van der Waals surface area contributed by atoms with Gasteiger partial charge in [0.2, 0.25) is 0 Å². The number of fused-ring (bicyclic) bond motifs is 1. The molecule has 0 spiro atoms. The molecule has 1 aromatic heterocycles. The maximum atomic E-state index is 13.3. The van der Waals surface area contributed by atoms with E-state index < -0.39 is 5.97 Å². The second kappa shape index (κ2) is 13.2. The number of aromatic nitrogens is 2. The molecule has 2 N–H and O–H groups in total. The van der Waals surface area contributed by atoms with Crippen LogP contribution in [0.25, 0.3) is 22.2 Å². The van der Waals surface area contributed by atoms with Gasteiger partial charge in [-0.3, -0.25) is 4.79 Å². The number of halogens is 1. The molecule has 0 amide bonds. The van der Waals surface area contributed by atoms with Crippen molar-refractivity contribution < 1.29 is 19.4 Å². The number of methoxy groups -OCH3 is 1. The largest absolute Gasteiger partial charge is 0.478 e. The first-order valence-corrected chi connectivity index (χ1v) is 13.4. The molecule has 0 saturated carbocycles. The first-order valence-electron chi connectivity index (χ1n) is 13.0.